The van der Waals surface area contributed by atoms with Crippen molar-refractivity contribution in [3.8, 4) is 22.5 Å². The molecule has 8 nitrogen and oxygen atoms in total. The molecule has 1 N–H and O–H groups in total. The molecule has 38 heavy (non-hydrogen) atoms. The number of rotatable bonds is 10. The number of carbonyl (C=O) groups is 1. The number of unbranched alkanes of at least 4 members (excludes halogenated alkanes) is 2. The van der Waals surface area contributed by atoms with Gasteiger partial charge in [-0.05, 0) is 36.2 Å². The first-order valence-electron chi connectivity index (χ1n) is 12.8. The van der Waals surface area contributed by atoms with E-state index in [0.717, 1.165) is 42.6 Å². The summed E-state index contributed by atoms with van der Waals surface area (Å²) < 4.78 is 5.60. The Kier molecular flexibility index (Phi) is 7.70. The minimum atomic E-state index is -0.157. The summed E-state index contributed by atoms with van der Waals surface area (Å²) in [7, 11) is 0. The van der Waals surface area contributed by atoms with Crippen LogP contribution in [0.2, 0.25) is 5.02 Å². The smallest absolute Gasteiger partial charge is 0.259 e. The number of nitrogens with one attached hydrogen (secondary N) is 1. The molecule has 0 saturated heterocycles. The van der Waals surface area contributed by atoms with Crippen molar-refractivity contribution in [2.24, 2.45) is 0 Å². The molecule has 0 saturated carbocycles. The minimum absolute atomic E-state index is 0.145. The third-order valence-corrected chi connectivity index (χ3v) is 6.75. The largest absolute Gasteiger partial charge is 0.350 e. The standard InChI is InChI=1S/C29H29ClN6O2/c1-2-3-4-15-35-26(18-27(37)36-19-25(33-29(35)36)21-9-11-24(30)12-10-21)22-5-7-23(8-6-22)28(38)32-14-17-34-16-13-31-20-34/h5-13,16,18-20H,2-4,14-15,17H2,1H3,(H,32,38). The van der Waals surface area contributed by atoms with Crippen LogP contribution in [0.3, 0.4) is 0 Å². The molecule has 0 bridgehead atoms. The highest BCUT2D eigenvalue weighted by molar-refractivity contribution is 6.30. The van der Waals surface area contributed by atoms with Crippen LogP contribution in [0.5, 0.6) is 0 Å². The average Bonchev–Trinajstić information content (AvgIpc) is 3.61. The Morgan fingerprint density at radius 3 is 2.47 bits per heavy atom. The molecular formula is C29H29ClN6O2. The molecule has 5 aromatic rings. The lowest BCUT2D eigenvalue weighted by Crippen LogP contribution is -2.26. The van der Waals surface area contributed by atoms with Gasteiger partial charge in [-0.15, -0.1) is 0 Å². The fourth-order valence-electron chi connectivity index (χ4n) is 4.45. The minimum Gasteiger partial charge on any atom is -0.350 e. The molecule has 0 unspecified atom stereocenters. The van der Waals surface area contributed by atoms with Crippen molar-refractivity contribution < 1.29 is 4.79 Å². The Morgan fingerprint density at radius 1 is 1.00 bits per heavy atom. The van der Waals surface area contributed by atoms with Crippen molar-refractivity contribution >= 4 is 23.3 Å². The predicted molar refractivity (Wildman–Crippen MR) is 149 cm³/mol. The van der Waals surface area contributed by atoms with Crippen molar-refractivity contribution in [1.82, 2.24) is 28.8 Å². The zero-order chi connectivity index (χ0) is 26.5. The van der Waals surface area contributed by atoms with Crippen molar-refractivity contribution in [3.05, 3.63) is 100 Å². The van der Waals surface area contributed by atoms with E-state index in [2.05, 4.69) is 21.8 Å². The summed E-state index contributed by atoms with van der Waals surface area (Å²) in [6, 6.07) is 16.4. The van der Waals surface area contributed by atoms with Crippen LogP contribution in [0.4, 0.5) is 0 Å². The van der Waals surface area contributed by atoms with E-state index < -0.39 is 0 Å². The quantitative estimate of drug-likeness (QED) is 0.249. The molecule has 9 heteroatoms. The molecule has 0 atom stereocenters. The lowest BCUT2D eigenvalue weighted by molar-refractivity contribution is 0.0952. The van der Waals surface area contributed by atoms with Gasteiger partial charge in [-0.25, -0.2) is 9.97 Å². The molecule has 0 aliphatic rings. The van der Waals surface area contributed by atoms with Crippen molar-refractivity contribution in [1.29, 1.82) is 0 Å². The normalized spacial score (nSPS) is 11.2. The number of aromatic nitrogens is 5. The number of fused-ring (bicyclic) bond motifs is 1. The monoisotopic (exact) mass is 528 g/mol. The number of amides is 1. The number of carbonyl (C=O) groups excluding carboxylic acids is 1. The number of imidazole rings is 2. The fraction of sp³-hybridized carbons (Fsp3) is 0.241. The molecule has 0 fully saturated rings. The van der Waals surface area contributed by atoms with Crippen LogP contribution in [0, 0.1) is 0 Å². The van der Waals surface area contributed by atoms with E-state index >= 15 is 0 Å². The third kappa shape index (κ3) is 5.55. The topological polar surface area (TPSA) is 86.2 Å². The van der Waals surface area contributed by atoms with Gasteiger partial charge in [-0.3, -0.25) is 14.0 Å². The molecule has 5 rings (SSSR count). The van der Waals surface area contributed by atoms with Gasteiger partial charge in [-0.2, -0.15) is 0 Å². The average molecular weight is 529 g/mol. The van der Waals surface area contributed by atoms with Crippen LogP contribution >= 0.6 is 11.6 Å². The van der Waals surface area contributed by atoms with Gasteiger partial charge in [0.05, 0.1) is 17.7 Å². The number of hydrogen-bond acceptors (Lipinski definition) is 4. The Balaban J connectivity index is 1.45. The van der Waals surface area contributed by atoms with E-state index in [4.69, 9.17) is 16.6 Å². The number of hydrogen-bond donors (Lipinski definition) is 1. The highest BCUT2D eigenvalue weighted by atomic mass is 35.5. The lowest BCUT2D eigenvalue weighted by atomic mass is 10.1. The van der Waals surface area contributed by atoms with Crippen LogP contribution in [0.15, 0.2) is 84.3 Å². The summed E-state index contributed by atoms with van der Waals surface area (Å²) in [4.78, 5) is 34.7. The van der Waals surface area contributed by atoms with Gasteiger partial charge in [0, 0.05) is 60.4 Å². The second-order valence-electron chi connectivity index (χ2n) is 9.16. The SMILES string of the molecule is CCCCCn1c(-c2ccc(C(=O)NCCn3ccnc3)cc2)cc(=O)n2cc(-c3ccc(Cl)cc3)nc12. The first-order valence-corrected chi connectivity index (χ1v) is 13.1. The second kappa shape index (κ2) is 11.5. The first kappa shape index (κ1) is 25.5. The van der Waals surface area contributed by atoms with Gasteiger partial charge in [0.25, 0.3) is 11.5 Å². The predicted octanol–water partition coefficient (Wildman–Crippen LogP) is 5.30. The highest BCUT2D eigenvalue weighted by Gasteiger charge is 2.16. The summed E-state index contributed by atoms with van der Waals surface area (Å²) in [5.74, 6) is 0.447. The van der Waals surface area contributed by atoms with Crippen molar-refractivity contribution in [2.45, 2.75) is 39.3 Å². The summed E-state index contributed by atoms with van der Waals surface area (Å²) in [6.45, 7) is 4.03. The molecule has 3 heterocycles. The van der Waals surface area contributed by atoms with E-state index in [1.54, 1.807) is 41.3 Å². The molecule has 0 spiro atoms. The number of aryl methyl sites for hydroxylation is 1. The van der Waals surface area contributed by atoms with Crippen LogP contribution in [0.1, 0.15) is 36.5 Å². The summed E-state index contributed by atoms with van der Waals surface area (Å²) in [5.41, 5.74) is 3.64. The van der Waals surface area contributed by atoms with Crippen molar-refractivity contribution in [3.63, 3.8) is 0 Å². The molecule has 2 aromatic carbocycles. The van der Waals surface area contributed by atoms with Gasteiger partial charge in [0.15, 0.2) is 0 Å². The van der Waals surface area contributed by atoms with Gasteiger partial charge < -0.3 is 14.5 Å². The number of halogens is 1. The van der Waals surface area contributed by atoms with Crippen LogP contribution in [-0.4, -0.2) is 36.0 Å². The molecule has 194 valence electrons. The van der Waals surface area contributed by atoms with Gasteiger partial charge in [0.1, 0.15) is 0 Å². The van der Waals surface area contributed by atoms with E-state index in [9.17, 15) is 9.59 Å². The van der Waals surface area contributed by atoms with Crippen LogP contribution in [-0.2, 0) is 13.1 Å². The van der Waals surface area contributed by atoms with Crippen LogP contribution < -0.4 is 10.9 Å². The maximum absolute atomic E-state index is 13.2. The summed E-state index contributed by atoms with van der Waals surface area (Å²) >= 11 is 6.06. The van der Waals surface area contributed by atoms with Gasteiger partial charge >= 0.3 is 0 Å². The Hall–Kier alpha value is -4.17. The maximum atomic E-state index is 13.2. The third-order valence-electron chi connectivity index (χ3n) is 6.50. The summed E-state index contributed by atoms with van der Waals surface area (Å²) in [5, 5.41) is 3.58. The zero-order valence-corrected chi connectivity index (χ0v) is 21.9. The molecule has 0 radical (unpaired) electrons. The second-order valence-corrected chi connectivity index (χ2v) is 9.60. The van der Waals surface area contributed by atoms with Gasteiger partial charge in [0.2, 0.25) is 5.78 Å². The molecule has 1 amide bonds. The fourth-order valence-corrected chi connectivity index (χ4v) is 4.57. The number of benzene rings is 2. The first-order chi connectivity index (χ1) is 18.5. The Bertz CT molecular complexity index is 1590. The Morgan fingerprint density at radius 2 is 1.76 bits per heavy atom. The van der Waals surface area contributed by atoms with E-state index in [-0.39, 0.29) is 11.5 Å². The van der Waals surface area contributed by atoms with E-state index in [1.165, 1.54) is 0 Å². The molecular weight excluding hydrogens is 500 g/mol. The van der Waals surface area contributed by atoms with Crippen LogP contribution in [0.25, 0.3) is 28.3 Å². The van der Waals surface area contributed by atoms with Gasteiger partial charge in [-0.1, -0.05) is 55.6 Å². The summed E-state index contributed by atoms with van der Waals surface area (Å²) in [6.07, 6.45) is 10.2. The molecule has 0 aliphatic heterocycles. The molecule has 3 aromatic heterocycles. The lowest BCUT2D eigenvalue weighted by Gasteiger charge is -2.15. The number of nitrogens with zero attached hydrogens (tertiary/aromatic N) is 5. The van der Waals surface area contributed by atoms with E-state index in [1.807, 2.05) is 47.2 Å². The Labute approximate surface area is 225 Å². The zero-order valence-electron chi connectivity index (χ0n) is 21.2. The maximum Gasteiger partial charge on any atom is 0.259 e. The molecule has 0 aliphatic carbocycles. The van der Waals surface area contributed by atoms with E-state index in [0.29, 0.717) is 35.1 Å². The van der Waals surface area contributed by atoms with Crippen molar-refractivity contribution in [2.75, 3.05) is 6.54 Å². The highest BCUT2D eigenvalue weighted by Crippen LogP contribution is 2.25.